The van der Waals surface area contributed by atoms with Gasteiger partial charge in [0.05, 0.1) is 48.5 Å². The van der Waals surface area contributed by atoms with E-state index < -0.39 is 0 Å². The third kappa shape index (κ3) is 8.05. The Morgan fingerprint density at radius 3 is 1.38 bits per heavy atom. The van der Waals surface area contributed by atoms with Crippen molar-refractivity contribution in [1.29, 1.82) is 0 Å². The second kappa shape index (κ2) is 16.3. The van der Waals surface area contributed by atoms with Crippen LogP contribution in [0, 0.1) is 0 Å². The van der Waals surface area contributed by atoms with Gasteiger partial charge in [0.2, 0.25) is 0 Å². The molecule has 47 heavy (non-hydrogen) atoms. The van der Waals surface area contributed by atoms with E-state index >= 15 is 0 Å². The lowest BCUT2D eigenvalue weighted by Gasteiger charge is -2.28. The van der Waals surface area contributed by atoms with E-state index in [1.54, 1.807) is 28.4 Å². The van der Waals surface area contributed by atoms with E-state index in [0.717, 1.165) is 85.7 Å². The van der Waals surface area contributed by atoms with Crippen LogP contribution in [0.4, 0.5) is 0 Å². The van der Waals surface area contributed by atoms with Crippen LogP contribution in [-0.4, -0.2) is 94.1 Å². The molecule has 0 saturated carbocycles. The fourth-order valence-corrected chi connectivity index (χ4v) is 7.31. The molecule has 0 saturated heterocycles. The molecule has 9 nitrogen and oxygen atoms in total. The highest BCUT2D eigenvalue weighted by Crippen LogP contribution is 2.48. The van der Waals surface area contributed by atoms with Crippen molar-refractivity contribution in [1.82, 2.24) is 14.7 Å². The summed E-state index contributed by atoms with van der Waals surface area (Å²) in [7, 11) is 12.7. The molecule has 3 aliphatic rings. The molecule has 0 unspecified atom stereocenters. The highest BCUT2D eigenvalue weighted by atomic mass is 35.5. The molecule has 0 atom stereocenters. The van der Waals surface area contributed by atoms with Crippen molar-refractivity contribution in [3.8, 4) is 34.5 Å². The van der Waals surface area contributed by atoms with Crippen molar-refractivity contribution >= 4 is 46.4 Å². The molecule has 3 aromatic rings. The maximum Gasteiger partial charge on any atom is 0.181 e. The Balaban J connectivity index is 0.000000160. The lowest BCUT2D eigenvalue weighted by molar-refractivity contribution is 0.308. The standard InChI is InChI=1S/C12H15Cl2NO2.C12H17NO2.C10H11Cl2NO2/c1-15-5-4-7-8(6-15)10(14)12(17-3)11(16-2)9(7)13;1-13-5-4-9-6-11(14-2)12(15-3)7-10(9)8-13;1-13-3-2-5-6(4-13)8(12)10(15)9(14)7(5)11/h4-6H2,1-3H3;6-7H,4-5,8H2,1-3H3;14-15H,2-4H2,1H3. The van der Waals surface area contributed by atoms with Crippen molar-refractivity contribution in [3.05, 3.63) is 65.6 Å². The predicted octanol–water partition coefficient (Wildman–Crippen LogP) is 7.08. The van der Waals surface area contributed by atoms with Crippen molar-refractivity contribution in [2.75, 3.05) is 69.2 Å². The SMILES string of the molecule is CN1CCc2c(Cl)c(O)c(O)c(Cl)c2C1.COc1c(Cl)c2c(c(Cl)c1OC)CN(C)CC2.COc1cc2c(cc1OC)CN(C)CC2. The average Bonchev–Trinajstić information content (AvgIpc) is 3.07. The van der Waals surface area contributed by atoms with Crippen molar-refractivity contribution in [2.45, 2.75) is 38.9 Å². The summed E-state index contributed by atoms with van der Waals surface area (Å²) in [6.07, 6.45) is 2.70. The lowest BCUT2D eigenvalue weighted by Crippen LogP contribution is -2.27. The van der Waals surface area contributed by atoms with Gasteiger partial charge < -0.3 is 43.9 Å². The molecule has 13 heteroatoms. The maximum atomic E-state index is 9.54. The summed E-state index contributed by atoms with van der Waals surface area (Å²) in [4.78, 5) is 6.60. The Morgan fingerprint density at radius 2 is 0.894 bits per heavy atom. The number of benzene rings is 3. The number of likely N-dealkylation sites (N-methyl/N-ethyl adjacent to an activating group) is 3. The van der Waals surface area contributed by atoms with Crippen LogP contribution >= 0.6 is 46.4 Å². The number of hydrogen-bond donors (Lipinski definition) is 2. The third-order valence-corrected chi connectivity index (χ3v) is 10.3. The Bertz CT molecular complexity index is 1610. The summed E-state index contributed by atoms with van der Waals surface area (Å²) >= 11 is 24.6. The molecular formula is C34H43Cl4N3O6. The summed E-state index contributed by atoms with van der Waals surface area (Å²) in [6.45, 7) is 5.37. The normalized spacial score (nSPS) is 16.0. The number of halogens is 4. The van der Waals surface area contributed by atoms with E-state index in [-0.39, 0.29) is 21.5 Å². The first-order valence-electron chi connectivity index (χ1n) is 15.2. The smallest absolute Gasteiger partial charge is 0.181 e. The summed E-state index contributed by atoms with van der Waals surface area (Å²) < 4.78 is 21.2. The minimum Gasteiger partial charge on any atom is -0.503 e. The molecule has 0 spiro atoms. The quantitative estimate of drug-likeness (QED) is 0.274. The van der Waals surface area contributed by atoms with Crippen LogP contribution in [0.15, 0.2) is 12.1 Å². The largest absolute Gasteiger partial charge is 0.503 e. The van der Waals surface area contributed by atoms with Gasteiger partial charge in [0.15, 0.2) is 34.5 Å². The van der Waals surface area contributed by atoms with Crippen LogP contribution in [-0.2, 0) is 38.9 Å². The first-order valence-corrected chi connectivity index (χ1v) is 16.7. The molecule has 0 radical (unpaired) electrons. The van der Waals surface area contributed by atoms with Crippen LogP contribution < -0.4 is 18.9 Å². The molecular weight excluding hydrogens is 688 g/mol. The number of rotatable bonds is 4. The fourth-order valence-electron chi connectivity index (χ4n) is 6.04. The van der Waals surface area contributed by atoms with Gasteiger partial charge in [-0.05, 0) is 85.9 Å². The number of phenols is 2. The zero-order chi connectivity index (χ0) is 34.6. The van der Waals surface area contributed by atoms with Crippen LogP contribution in [0.2, 0.25) is 20.1 Å². The number of nitrogens with zero attached hydrogens (tertiary/aromatic N) is 3. The van der Waals surface area contributed by atoms with Crippen molar-refractivity contribution in [3.63, 3.8) is 0 Å². The summed E-state index contributed by atoms with van der Waals surface area (Å²) in [5.74, 6) is 2.07. The zero-order valence-electron chi connectivity index (χ0n) is 27.9. The van der Waals surface area contributed by atoms with Gasteiger partial charge in [0.1, 0.15) is 0 Å². The third-order valence-electron chi connectivity index (χ3n) is 8.69. The number of phenolic OH excluding ortho intramolecular Hbond substituents is 2. The van der Waals surface area contributed by atoms with Gasteiger partial charge in [-0.25, -0.2) is 0 Å². The predicted molar refractivity (Wildman–Crippen MR) is 189 cm³/mol. The first-order chi connectivity index (χ1) is 22.4. The van der Waals surface area contributed by atoms with Gasteiger partial charge in [-0.2, -0.15) is 0 Å². The number of aromatic hydroxyl groups is 2. The van der Waals surface area contributed by atoms with Crippen LogP contribution in [0.3, 0.4) is 0 Å². The van der Waals surface area contributed by atoms with Gasteiger partial charge in [0.25, 0.3) is 0 Å². The van der Waals surface area contributed by atoms with Crippen LogP contribution in [0.25, 0.3) is 0 Å². The monoisotopic (exact) mass is 729 g/mol. The molecule has 0 amide bonds. The van der Waals surface area contributed by atoms with E-state index in [2.05, 4.69) is 40.9 Å². The van der Waals surface area contributed by atoms with E-state index in [0.29, 0.717) is 28.1 Å². The molecule has 0 aliphatic carbocycles. The maximum absolute atomic E-state index is 9.54. The lowest BCUT2D eigenvalue weighted by atomic mass is 9.99. The van der Waals surface area contributed by atoms with Gasteiger partial charge in [-0.1, -0.05) is 46.4 Å². The zero-order valence-corrected chi connectivity index (χ0v) is 30.9. The molecule has 6 rings (SSSR count). The highest BCUT2D eigenvalue weighted by Gasteiger charge is 2.27. The fraction of sp³-hybridized carbons (Fsp3) is 0.471. The van der Waals surface area contributed by atoms with Gasteiger partial charge >= 0.3 is 0 Å². The molecule has 2 N–H and O–H groups in total. The second-order valence-electron chi connectivity index (χ2n) is 11.9. The number of hydrogen-bond acceptors (Lipinski definition) is 9. The number of methoxy groups -OCH3 is 4. The first kappa shape index (κ1) is 37.3. The molecule has 258 valence electrons. The molecule has 3 aromatic carbocycles. The van der Waals surface area contributed by atoms with Gasteiger partial charge in [-0.15, -0.1) is 0 Å². The van der Waals surface area contributed by atoms with E-state index in [1.165, 1.54) is 11.1 Å². The highest BCUT2D eigenvalue weighted by molar-refractivity contribution is 6.37. The van der Waals surface area contributed by atoms with E-state index in [9.17, 15) is 10.2 Å². The topological polar surface area (TPSA) is 87.1 Å². The minimum atomic E-state index is -0.323. The van der Waals surface area contributed by atoms with Crippen molar-refractivity contribution in [2.24, 2.45) is 0 Å². The Morgan fingerprint density at radius 1 is 0.511 bits per heavy atom. The van der Waals surface area contributed by atoms with Gasteiger partial charge in [-0.3, -0.25) is 0 Å². The van der Waals surface area contributed by atoms with Gasteiger partial charge in [0, 0.05) is 39.3 Å². The van der Waals surface area contributed by atoms with E-state index in [1.807, 2.05) is 7.05 Å². The number of ether oxygens (including phenoxy) is 4. The summed E-state index contributed by atoms with van der Waals surface area (Å²) in [6, 6.07) is 4.19. The molecule has 0 bridgehead atoms. The van der Waals surface area contributed by atoms with Crippen molar-refractivity contribution < 1.29 is 29.2 Å². The Hall–Kier alpha value is -2.50. The molecule has 3 aliphatic heterocycles. The number of fused-ring (bicyclic) bond motifs is 3. The van der Waals surface area contributed by atoms with Crippen LogP contribution in [0.1, 0.15) is 33.4 Å². The minimum absolute atomic E-state index is 0.207. The summed E-state index contributed by atoms with van der Waals surface area (Å²) in [5.41, 5.74) is 6.50. The Kier molecular flexibility index (Phi) is 12.9. The molecule has 0 aromatic heterocycles. The second-order valence-corrected chi connectivity index (χ2v) is 13.4. The van der Waals surface area contributed by atoms with Crippen LogP contribution in [0.5, 0.6) is 34.5 Å². The molecule has 3 heterocycles. The Labute approximate surface area is 297 Å². The average molecular weight is 732 g/mol. The summed E-state index contributed by atoms with van der Waals surface area (Å²) in [5, 5.41) is 20.7. The van der Waals surface area contributed by atoms with E-state index in [4.69, 9.17) is 65.4 Å². The molecule has 0 fully saturated rings.